The van der Waals surface area contributed by atoms with E-state index in [1.807, 2.05) is 6.08 Å². The standard InChI is InChI=1S/C21H26N4O3S/c1-28-13-24-21-19(29(26,27)17-9-5-6-14-12-16(14)17)18-20(23-11-10-22-18)25(21)15-7-3-2-4-8-15/h5-6,9-11,14-16,24H,2-4,7-8,12-13H2,1H3. The summed E-state index contributed by atoms with van der Waals surface area (Å²) in [6.45, 7) is 0.219. The molecule has 3 aliphatic carbocycles. The molecule has 0 amide bonds. The number of aromatic nitrogens is 3. The monoisotopic (exact) mass is 414 g/mol. The maximum atomic E-state index is 13.9. The third-order valence-electron chi connectivity index (χ3n) is 6.31. The van der Waals surface area contributed by atoms with Gasteiger partial charge in [-0.05, 0) is 31.3 Å². The smallest absolute Gasteiger partial charge is 0.208 e. The molecule has 2 fully saturated rings. The summed E-state index contributed by atoms with van der Waals surface area (Å²) in [5, 5.41) is 3.23. The van der Waals surface area contributed by atoms with Crippen LogP contribution in [0, 0.1) is 11.8 Å². The van der Waals surface area contributed by atoms with E-state index in [0.29, 0.717) is 27.8 Å². The fourth-order valence-corrected chi connectivity index (χ4v) is 6.81. The van der Waals surface area contributed by atoms with Gasteiger partial charge in [-0.25, -0.2) is 18.4 Å². The maximum absolute atomic E-state index is 13.9. The molecule has 0 radical (unpaired) electrons. The lowest BCUT2D eigenvalue weighted by molar-refractivity contribution is 0.219. The number of sulfone groups is 1. The minimum absolute atomic E-state index is 0.0880. The number of anilines is 1. The summed E-state index contributed by atoms with van der Waals surface area (Å²) in [4.78, 5) is 9.78. The molecule has 7 nitrogen and oxygen atoms in total. The van der Waals surface area contributed by atoms with Gasteiger partial charge in [0.2, 0.25) is 9.84 Å². The van der Waals surface area contributed by atoms with Gasteiger partial charge in [0.25, 0.3) is 0 Å². The van der Waals surface area contributed by atoms with Gasteiger partial charge in [-0.3, -0.25) is 0 Å². The Morgan fingerprint density at radius 3 is 2.79 bits per heavy atom. The van der Waals surface area contributed by atoms with E-state index in [1.54, 1.807) is 25.6 Å². The number of hydrogen-bond donors (Lipinski definition) is 1. The van der Waals surface area contributed by atoms with Gasteiger partial charge in [0.1, 0.15) is 23.0 Å². The number of nitrogens with one attached hydrogen (secondary N) is 1. The second-order valence-corrected chi connectivity index (χ2v) is 10.0. The molecule has 2 unspecified atom stereocenters. The molecule has 5 rings (SSSR count). The molecule has 0 saturated heterocycles. The first-order valence-electron chi connectivity index (χ1n) is 10.3. The van der Waals surface area contributed by atoms with E-state index < -0.39 is 9.84 Å². The quantitative estimate of drug-likeness (QED) is 0.723. The van der Waals surface area contributed by atoms with Crippen LogP contribution in [0.4, 0.5) is 5.82 Å². The third-order valence-corrected chi connectivity index (χ3v) is 8.29. The minimum Gasteiger partial charge on any atom is -0.365 e. The Morgan fingerprint density at radius 1 is 1.21 bits per heavy atom. The zero-order valence-corrected chi connectivity index (χ0v) is 17.4. The SMILES string of the molecule is COCNc1c(S(=O)(=O)C2=CC=CC3CC23)c2nccnc2n1C1CCCCC1. The van der Waals surface area contributed by atoms with Crippen LogP contribution in [0.2, 0.25) is 0 Å². The van der Waals surface area contributed by atoms with Gasteiger partial charge in [-0.1, -0.05) is 31.4 Å². The molecule has 0 aliphatic heterocycles. The highest BCUT2D eigenvalue weighted by atomic mass is 32.2. The van der Waals surface area contributed by atoms with Gasteiger partial charge >= 0.3 is 0 Å². The number of nitrogens with zero attached hydrogens (tertiary/aromatic N) is 3. The highest BCUT2D eigenvalue weighted by Gasteiger charge is 2.46. The van der Waals surface area contributed by atoms with Crippen molar-refractivity contribution >= 4 is 26.8 Å². The topological polar surface area (TPSA) is 86.1 Å². The van der Waals surface area contributed by atoms with Crippen molar-refractivity contribution in [3.05, 3.63) is 35.5 Å². The Labute approximate surface area is 170 Å². The molecule has 1 N–H and O–H groups in total. The predicted molar refractivity (Wildman–Crippen MR) is 111 cm³/mol. The highest BCUT2D eigenvalue weighted by molar-refractivity contribution is 7.95. The molecule has 29 heavy (non-hydrogen) atoms. The van der Waals surface area contributed by atoms with E-state index >= 15 is 0 Å². The number of rotatable bonds is 6. The van der Waals surface area contributed by atoms with E-state index in [9.17, 15) is 8.42 Å². The van der Waals surface area contributed by atoms with Crippen LogP contribution in [0.1, 0.15) is 44.6 Å². The lowest BCUT2D eigenvalue weighted by atomic mass is 9.95. The van der Waals surface area contributed by atoms with Crippen LogP contribution in [-0.2, 0) is 14.6 Å². The fourth-order valence-electron chi connectivity index (χ4n) is 4.83. The molecule has 2 heterocycles. The summed E-state index contributed by atoms with van der Waals surface area (Å²) in [5.41, 5.74) is 1.08. The Bertz CT molecular complexity index is 1100. The minimum atomic E-state index is -3.71. The maximum Gasteiger partial charge on any atom is 0.208 e. The molecule has 3 aliphatic rings. The largest absolute Gasteiger partial charge is 0.365 e. The zero-order valence-electron chi connectivity index (χ0n) is 16.5. The van der Waals surface area contributed by atoms with Crippen molar-refractivity contribution in [2.24, 2.45) is 11.8 Å². The molecule has 0 spiro atoms. The zero-order chi connectivity index (χ0) is 20.0. The summed E-state index contributed by atoms with van der Waals surface area (Å²) >= 11 is 0. The lowest BCUT2D eigenvalue weighted by Crippen LogP contribution is -2.19. The first-order chi connectivity index (χ1) is 14.1. The van der Waals surface area contributed by atoms with Crippen molar-refractivity contribution < 1.29 is 13.2 Å². The third kappa shape index (κ3) is 3.09. The number of allylic oxidation sites excluding steroid dienone is 4. The Kier molecular flexibility index (Phi) is 4.70. The van der Waals surface area contributed by atoms with Crippen LogP contribution in [-0.4, -0.2) is 36.8 Å². The van der Waals surface area contributed by atoms with Crippen molar-refractivity contribution in [1.82, 2.24) is 14.5 Å². The summed E-state index contributed by atoms with van der Waals surface area (Å²) in [6.07, 6.45) is 15.3. The first-order valence-corrected chi connectivity index (χ1v) is 11.8. The molecule has 2 saturated carbocycles. The second-order valence-electron chi connectivity index (χ2n) is 8.14. The van der Waals surface area contributed by atoms with Gasteiger partial charge in [-0.15, -0.1) is 0 Å². The van der Waals surface area contributed by atoms with Gasteiger partial charge in [0.15, 0.2) is 5.65 Å². The highest BCUT2D eigenvalue weighted by Crippen LogP contribution is 2.52. The molecule has 2 atom stereocenters. The summed E-state index contributed by atoms with van der Waals surface area (Å²) < 4.78 is 35.0. The van der Waals surface area contributed by atoms with Crippen molar-refractivity contribution in [1.29, 1.82) is 0 Å². The van der Waals surface area contributed by atoms with Gasteiger partial charge in [-0.2, -0.15) is 0 Å². The normalized spacial score (nSPS) is 24.4. The summed E-state index contributed by atoms with van der Waals surface area (Å²) in [7, 11) is -2.11. The number of ether oxygens (including phenoxy) is 1. The number of methoxy groups -OCH3 is 1. The van der Waals surface area contributed by atoms with E-state index in [4.69, 9.17) is 4.74 Å². The van der Waals surface area contributed by atoms with Crippen molar-refractivity contribution in [2.45, 2.75) is 49.5 Å². The Balaban J connectivity index is 1.74. The van der Waals surface area contributed by atoms with E-state index in [0.717, 1.165) is 32.1 Å². The molecule has 2 aromatic rings. The molecule has 0 aromatic carbocycles. The average Bonchev–Trinajstić information content (AvgIpc) is 3.46. The van der Waals surface area contributed by atoms with Crippen LogP contribution in [0.3, 0.4) is 0 Å². The summed E-state index contributed by atoms with van der Waals surface area (Å²) in [5.74, 6) is 0.996. The Morgan fingerprint density at radius 2 is 2.00 bits per heavy atom. The molecular weight excluding hydrogens is 388 g/mol. The first kappa shape index (κ1) is 18.8. The molecule has 154 valence electrons. The molecule has 0 bridgehead atoms. The van der Waals surface area contributed by atoms with Crippen LogP contribution in [0.15, 0.2) is 40.4 Å². The van der Waals surface area contributed by atoms with Crippen molar-refractivity contribution in [3.63, 3.8) is 0 Å². The number of hydrogen-bond acceptors (Lipinski definition) is 6. The van der Waals surface area contributed by atoms with Crippen LogP contribution in [0.25, 0.3) is 11.2 Å². The molecular formula is C21H26N4O3S. The Hall–Kier alpha value is -2.19. The van der Waals surface area contributed by atoms with Gasteiger partial charge < -0.3 is 14.6 Å². The molecule has 2 aromatic heterocycles. The number of fused-ring (bicyclic) bond motifs is 2. The van der Waals surface area contributed by atoms with E-state index in [-0.39, 0.29) is 23.6 Å². The van der Waals surface area contributed by atoms with Crippen LogP contribution >= 0.6 is 0 Å². The van der Waals surface area contributed by atoms with Crippen molar-refractivity contribution in [3.8, 4) is 0 Å². The van der Waals surface area contributed by atoms with E-state index in [1.165, 1.54) is 6.42 Å². The molecule has 8 heteroatoms. The predicted octanol–water partition coefficient (Wildman–Crippen LogP) is 3.82. The fraction of sp³-hybridized carbons (Fsp3) is 0.524. The van der Waals surface area contributed by atoms with E-state index in [2.05, 4.69) is 25.9 Å². The summed E-state index contributed by atoms with van der Waals surface area (Å²) in [6, 6.07) is 0.208. The average molecular weight is 415 g/mol. The van der Waals surface area contributed by atoms with Gasteiger partial charge in [0, 0.05) is 31.5 Å². The second kappa shape index (κ2) is 7.25. The lowest BCUT2D eigenvalue weighted by Gasteiger charge is -2.26. The van der Waals surface area contributed by atoms with Gasteiger partial charge in [0.05, 0.1) is 4.91 Å². The van der Waals surface area contributed by atoms with Crippen molar-refractivity contribution in [2.75, 3.05) is 19.2 Å². The van der Waals surface area contributed by atoms with Crippen LogP contribution < -0.4 is 5.32 Å². The van der Waals surface area contributed by atoms with Crippen LogP contribution in [0.5, 0.6) is 0 Å².